The van der Waals surface area contributed by atoms with Gasteiger partial charge in [-0.25, -0.2) is 0 Å². The zero-order chi connectivity index (χ0) is 12.4. The van der Waals surface area contributed by atoms with E-state index in [0.717, 1.165) is 16.9 Å². The first-order chi connectivity index (χ1) is 8.09. The van der Waals surface area contributed by atoms with Crippen molar-refractivity contribution in [3.8, 4) is 0 Å². The van der Waals surface area contributed by atoms with Crippen LogP contribution in [0.15, 0.2) is 16.8 Å². The SMILES string of the molecule is Cc1c(Cl)nnc(NC(C)c2ccsc2)c1C. The van der Waals surface area contributed by atoms with E-state index < -0.39 is 0 Å². The standard InChI is InChI=1S/C12H14ClN3S/c1-7-8(2)12(16-15-11(7)13)14-9(3)10-4-5-17-6-10/h4-6,9H,1-3H3,(H,14,16). The number of rotatable bonds is 3. The van der Waals surface area contributed by atoms with Crippen molar-refractivity contribution in [2.24, 2.45) is 0 Å². The van der Waals surface area contributed by atoms with Crippen molar-refractivity contribution in [1.82, 2.24) is 10.2 Å². The summed E-state index contributed by atoms with van der Waals surface area (Å²) in [5, 5.41) is 16.0. The highest BCUT2D eigenvalue weighted by atomic mass is 35.5. The molecule has 2 rings (SSSR count). The van der Waals surface area contributed by atoms with E-state index in [1.807, 2.05) is 13.8 Å². The summed E-state index contributed by atoms with van der Waals surface area (Å²) in [6.45, 7) is 6.05. The fourth-order valence-corrected chi connectivity index (χ4v) is 2.46. The zero-order valence-corrected chi connectivity index (χ0v) is 11.6. The molecule has 0 radical (unpaired) electrons. The second kappa shape index (κ2) is 5.02. The van der Waals surface area contributed by atoms with Gasteiger partial charge < -0.3 is 5.32 Å². The lowest BCUT2D eigenvalue weighted by atomic mass is 10.1. The average Bonchev–Trinajstić information content (AvgIpc) is 2.83. The number of halogens is 1. The van der Waals surface area contributed by atoms with Crippen LogP contribution in [0.1, 0.15) is 29.7 Å². The van der Waals surface area contributed by atoms with Crippen LogP contribution in [0.4, 0.5) is 5.82 Å². The van der Waals surface area contributed by atoms with E-state index in [4.69, 9.17) is 11.6 Å². The van der Waals surface area contributed by atoms with Gasteiger partial charge in [-0.1, -0.05) is 11.6 Å². The minimum absolute atomic E-state index is 0.217. The summed E-state index contributed by atoms with van der Waals surface area (Å²) >= 11 is 7.61. The van der Waals surface area contributed by atoms with Gasteiger partial charge in [0.2, 0.25) is 0 Å². The number of nitrogens with zero attached hydrogens (tertiary/aromatic N) is 2. The van der Waals surface area contributed by atoms with Gasteiger partial charge in [-0.2, -0.15) is 11.3 Å². The van der Waals surface area contributed by atoms with Crippen LogP contribution in [0, 0.1) is 13.8 Å². The fourth-order valence-electron chi connectivity index (χ4n) is 1.52. The Labute approximate surface area is 110 Å². The van der Waals surface area contributed by atoms with E-state index in [1.54, 1.807) is 11.3 Å². The topological polar surface area (TPSA) is 37.8 Å². The summed E-state index contributed by atoms with van der Waals surface area (Å²) in [6.07, 6.45) is 0. The van der Waals surface area contributed by atoms with E-state index in [1.165, 1.54) is 5.56 Å². The average molecular weight is 268 g/mol. The van der Waals surface area contributed by atoms with Gasteiger partial charge >= 0.3 is 0 Å². The lowest BCUT2D eigenvalue weighted by Gasteiger charge is -2.15. The minimum atomic E-state index is 0.217. The summed E-state index contributed by atoms with van der Waals surface area (Å²) in [7, 11) is 0. The summed E-state index contributed by atoms with van der Waals surface area (Å²) in [6, 6.07) is 2.32. The van der Waals surface area contributed by atoms with Crippen LogP contribution < -0.4 is 5.32 Å². The molecule has 2 aromatic heterocycles. The molecule has 0 aliphatic carbocycles. The van der Waals surface area contributed by atoms with Gasteiger partial charge in [-0.05, 0) is 54.3 Å². The monoisotopic (exact) mass is 267 g/mol. The molecule has 17 heavy (non-hydrogen) atoms. The van der Waals surface area contributed by atoms with Crippen LogP contribution in [0.25, 0.3) is 0 Å². The molecule has 90 valence electrons. The molecule has 1 unspecified atom stereocenters. The summed E-state index contributed by atoms with van der Waals surface area (Å²) in [5.41, 5.74) is 3.28. The normalized spacial score (nSPS) is 12.5. The molecule has 0 saturated heterocycles. The smallest absolute Gasteiger partial charge is 0.155 e. The maximum Gasteiger partial charge on any atom is 0.155 e. The van der Waals surface area contributed by atoms with Crippen molar-refractivity contribution in [2.75, 3.05) is 5.32 Å². The number of hydrogen-bond donors (Lipinski definition) is 1. The molecule has 0 aliphatic rings. The lowest BCUT2D eigenvalue weighted by molar-refractivity contribution is 0.857. The maximum atomic E-state index is 5.92. The lowest BCUT2D eigenvalue weighted by Crippen LogP contribution is -2.10. The van der Waals surface area contributed by atoms with Crippen LogP contribution in [0.3, 0.4) is 0 Å². The first kappa shape index (κ1) is 12.3. The van der Waals surface area contributed by atoms with Gasteiger partial charge in [0, 0.05) is 0 Å². The Hall–Kier alpha value is -1.13. The van der Waals surface area contributed by atoms with Gasteiger partial charge in [0.1, 0.15) is 0 Å². The molecule has 0 bridgehead atoms. The highest BCUT2D eigenvalue weighted by Gasteiger charge is 2.11. The third-order valence-electron chi connectivity index (χ3n) is 2.86. The molecule has 0 aliphatic heterocycles. The first-order valence-electron chi connectivity index (χ1n) is 5.37. The highest BCUT2D eigenvalue weighted by Crippen LogP contribution is 2.25. The molecule has 2 heterocycles. The van der Waals surface area contributed by atoms with Crippen molar-refractivity contribution in [3.05, 3.63) is 38.7 Å². The van der Waals surface area contributed by atoms with Crippen LogP contribution >= 0.6 is 22.9 Å². The van der Waals surface area contributed by atoms with Crippen LogP contribution in [-0.4, -0.2) is 10.2 Å². The number of hydrogen-bond acceptors (Lipinski definition) is 4. The molecule has 0 aromatic carbocycles. The van der Waals surface area contributed by atoms with E-state index in [9.17, 15) is 0 Å². The largest absolute Gasteiger partial charge is 0.362 e. The second-order valence-electron chi connectivity index (χ2n) is 4.01. The van der Waals surface area contributed by atoms with Gasteiger partial charge in [0.05, 0.1) is 6.04 Å². The van der Waals surface area contributed by atoms with Crippen molar-refractivity contribution in [1.29, 1.82) is 0 Å². The molecule has 5 heteroatoms. The van der Waals surface area contributed by atoms with Gasteiger partial charge in [-0.3, -0.25) is 0 Å². The first-order valence-corrected chi connectivity index (χ1v) is 6.69. The van der Waals surface area contributed by atoms with Crippen molar-refractivity contribution < 1.29 is 0 Å². The molecule has 2 aromatic rings. The molecule has 3 nitrogen and oxygen atoms in total. The summed E-state index contributed by atoms with van der Waals surface area (Å²) in [4.78, 5) is 0. The predicted molar refractivity (Wildman–Crippen MR) is 72.9 cm³/mol. The Morgan fingerprint density at radius 3 is 2.71 bits per heavy atom. The number of nitrogens with one attached hydrogen (secondary N) is 1. The van der Waals surface area contributed by atoms with E-state index in [0.29, 0.717) is 5.15 Å². The van der Waals surface area contributed by atoms with E-state index in [-0.39, 0.29) is 6.04 Å². The quantitative estimate of drug-likeness (QED) is 0.914. The molecule has 0 amide bonds. The van der Waals surface area contributed by atoms with Crippen molar-refractivity contribution in [3.63, 3.8) is 0 Å². The molecule has 1 N–H and O–H groups in total. The number of aromatic nitrogens is 2. The molecular weight excluding hydrogens is 254 g/mol. The zero-order valence-electron chi connectivity index (χ0n) is 9.99. The molecule has 0 saturated carbocycles. The number of anilines is 1. The van der Waals surface area contributed by atoms with Crippen LogP contribution in [0.2, 0.25) is 5.15 Å². The van der Waals surface area contributed by atoms with Gasteiger partial charge in [-0.15, -0.1) is 10.2 Å². The number of thiophene rings is 1. The van der Waals surface area contributed by atoms with E-state index >= 15 is 0 Å². The van der Waals surface area contributed by atoms with Crippen LogP contribution in [0.5, 0.6) is 0 Å². The Morgan fingerprint density at radius 2 is 2.06 bits per heavy atom. The Bertz CT molecular complexity index is 511. The highest BCUT2D eigenvalue weighted by molar-refractivity contribution is 7.07. The van der Waals surface area contributed by atoms with Crippen LogP contribution in [-0.2, 0) is 0 Å². The molecule has 0 fully saturated rings. The third kappa shape index (κ3) is 2.58. The Kier molecular flexibility index (Phi) is 3.64. The van der Waals surface area contributed by atoms with E-state index in [2.05, 4.69) is 39.3 Å². The van der Waals surface area contributed by atoms with Gasteiger partial charge in [0.25, 0.3) is 0 Å². The third-order valence-corrected chi connectivity index (χ3v) is 3.92. The van der Waals surface area contributed by atoms with Crippen molar-refractivity contribution >= 4 is 28.8 Å². The summed E-state index contributed by atoms with van der Waals surface area (Å²) in [5.74, 6) is 0.797. The summed E-state index contributed by atoms with van der Waals surface area (Å²) < 4.78 is 0. The second-order valence-corrected chi connectivity index (χ2v) is 5.15. The Balaban J connectivity index is 2.22. The molecular formula is C12H14ClN3S. The maximum absolute atomic E-state index is 5.92. The molecule has 1 atom stereocenters. The van der Waals surface area contributed by atoms with Crippen molar-refractivity contribution in [2.45, 2.75) is 26.8 Å². The fraction of sp³-hybridized carbons (Fsp3) is 0.333. The Morgan fingerprint density at radius 1 is 1.29 bits per heavy atom. The molecule has 0 spiro atoms. The minimum Gasteiger partial charge on any atom is -0.362 e. The van der Waals surface area contributed by atoms with Gasteiger partial charge in [0.15, 0.2) is 11.0 Å². The predicted octanol–water partition coefficient (Wildman–Crippen LogP) is 3.98.